The third-order valence-corrected chi connectivity index (χ3v) is 5.13. The molecule has 0 saturated heterocycles. The summed E-state index contributed by atoms with van der Waals surface area (Å²) < 4.78 is 1.82. The van der Waals surface area contributed by atoms with Gasteiger partial charge in [-0.25, -0.2) is 0 Å². The Labute approximate surface area is 128 Å². The van der Waals surface area contributed by atoms with Crippen LogP contribution in [0.25, 0.3) is 4.96 Å². The minimum Gasteiger partial charge on any atom is -0.349 e. The highest BCUT2D eigenvalue weighted by Gasteiger charge is 2.30. The predicted octanol–water partition coefficient (Wildman–Crippen LogP) is 1.98. The van der Waals surface area contributed by atoms with Crippen LogP contribution in [-0.4, -0.2) is 25.7 Å². The summed E-state index contributed by atoms with van der Waals surface area (Å²) >= 11 is 3.07. The Morgan fingerprint density at radius 3 is 3.10 bits per heavy atom. The SMILES string of the molecule is O=C(Cc1cccs1)NCc1nn2c(C3CC3)nnc2s1. The monoisotopic (exact) mass is 319 g/mol. The summed E-state index contributed by atoms with van der Waals surface area (Å²) in [5, 5.41) is 18.6. The van der Waals surface area contributed by atoms with Gasteiger partial charge in [0.2, 0.25) is 10.9 Å². The van der Waals surface area contributed by atoms with Crippen LogP contribution in [0.15, 0.2) is 17.5 Å². The van der Waals surface area contributed by atoms with Gasteiger partial charge < -0.3 is 5.32 Å². The van der Waals surface area contributed by atoms with Crippen LogP contribution in [0, 0.1) is 0 Å². The highest BCUT2D eigenvalue weighted by atomic mass is 32.1. The van der Waals surface area contributed by atoms with Gasteiger partial charge >= 0.3 is 0 Å². The van der Waals surface area contributed by atoms with E-state index in [1.54, 1.807) is 11.3 Å². The molecule has 1 aliphatic rings. The maximum absolute atomic E-state index is 11.9. The van der Waals surface area contributed by atoms with Crippen molar-refractivity contribution in [2.45, 2.75) is 31.7 Å². The van der Waals surface area contributed by atoms with Gasteiger partial charge in [-0.3, -0.25) is 4.79 Å². The second-order valence-corrected chi connectivity index (χ2v) is 7.13. The smallest absolute Gasteiger partial charge is 0.234 e. The van der Waals surface area contributed by atoms with E-state index in [1.807, 2.05) is 22.0 Å². The van der Waals surface area contributed by atoms with Crippen LogP contribution in [0.3, 0.4) is 0 Å². The first-order valence-electron chi connectivity index (χ1n) is 6.79. The third kappa shape index (κ3) is 2.68. The standard InChI is InChI=1S/C13H13N5OS2/c19-10(6-9-2-1-5-20-9)14-7-11-17-18-12(8-3-4-8)15-16-13(18)21-11/h1-2,5,8H,3-4,6-7H2,(H,14,19). The van der Waals surface area contributed by atoms with Crippen molar-refractivity contribution in [2.75, 3.05) is 0 Å². The lowest BCUT2D eigenvalue weighted by Gasteiger charge is -2.00. The highest BCUT2D eigenvalue weighted by Crippen LogP contribution is 2.39. The Morgan fingerprint density at radius 2 is 2.33 bits per heavy atom. The first-order valence-corrected chi connectivity index (χ1v) is 8.49. The molecular weight excluding hydrogens is 306 g/mol. The van der Waals surface area contributed by atoms with Crippen molar-refractivity contribution in [3.05, 3.63) is 33.2 Å². The number of thiophene rings is 1. The molecule has 21 heavy (non-hydrogen) atoms. The maximum atomic E-state index is 11.9. The molecule has 1 saturated carbocycles. The molecule has 6 nitrogen and oxygen atoms in total. The molecule has 0 radical (unpaired) electrons. The lowest BCUT2D eigenvalue weighted by Crippen LogP contribution is -2.24. The number of aromatic nitrogens is 4. The summed E-state index contributed by atoms with van der Waals surface area (Å²) in [7, 11) is 0. The number of carbonyl (C=O) groups excluding carboxylic acids is 1. The largest absolute Gasteiger partial charge is 0.349 e. The molecule has 1 amide bonds. The van der Waals surface area contributed by atoms with Crippen LogP contribution in [0.5, 0.6) is 0 Å². The zero-order valence-corrected chi connectivity index (χ0v) is 12.8. The summed E-state index contributed by atoms with van der Waals surface area (Å²) in [4.78, 5) is 13.7. The van der Waals surface area contributed by atoms with E-state index >= 15 is 0 Å². The Hall–Kier alpha value is -1.80. The second kappa shape index (κ2) is 5.19. The topological polar surface area (TPSA) is 72.2 Å². The van der Waals surface area contributed by atoms with Crippen LogP contribution < -0.4 is 5.32 Å². The van der Waals surface area contributed by atoms with Crippen LogP contribution in [0.4, 0.5) is 0 Å². The van der Waals surface area contributed by atoms with Gasteiger partial charge in [-0.1, -0.05) is 17.4 Å². The molecule has 1 N–H and O–H groups in total. The predicted molar refractivity (Wildman–Crippen MR) is 80.5 cm³/mol. The number of fused-ring (bicyclic) bond motifs is 1. The molecule has 0 bridgehead atoms. The number of amides is 1. The summed E-state index contributed by atoms with van der Waals surface area (Å²) in [6, 6.07) is 3.92. The lowest BCUT2D eigenvalue weighted by atomic mass is 10.3. The number of hydrogen-bond donors (Lipinski definition) is 1. The van der Waals surface area contributed by atoms with Crippen molar-refractivity contribution >= 4 is 33.5 Å². The molecule has 1 aliphatic carbocycles. The zero-order chi connectivity index (χ0) is 14.2. The molecule has 0 aliphatic heterocycles. The van der Waals surface area contributed by atoms with E-state index in [-0.39, 0.29) is 5.91 Å². The number of nitrogens with one attached hydrogen (secondary N) is 1. The van der Waals surface area contributed by atoms with Crippen LogP contribution in [0.2, 0.25) is 0 Å². The molecule has 0 aromatic carbocycles. The van der Waals surface area contributed by atoms with Gasteiger partial charge in [0.05, 0.1) is 13.0 Å². The minimum atomic E-state index is 0.0193. The molecule has 0 unspecified atom stereocenters. The van der Waals surface area contributed by atoms with E-state index in [9.17, 15) is 4.79 Å². The summed E-state index contributed by atoms with van der Waals surface area (Å²) in [5.41, 5.74) is 0. The maximum Gasteiger partial charge on any atom is 0.234 e. The fraction of sp³-hybridized carbons (Fsp3) is 0.385. The van der Waals surface area contributed by atoms with Gasteiger partial charge in [0, 0.05) is 10.8 Å². The molecule has 0 spiro atoms. The molecule has 3 aromatic heterocycles. The summed E-state index contributed by atoms with van der Waals surface area (Å²) in [6.45, 7) is 0.447. The number of carbonyl (C=O) groups is 1. The van der Waals surface area contributed by atoms with Crippen LogP contribution in [-0.2, 0) is 17.8 Å². The normalized spacial score (nSPS) is 14.7. The van der Waals surface area contributed by atoms with Crippen LogP contribution >= 0.6 is 22.7 Å². The van der Waals surface area contributed by atoms with E-state index in [2.05, 4.69) is 20.6 Å². The van der Waals surface area contributed by atoms with E-state index in [4.69, 9.17) is 0 Å². The van der Waals surface area contributed by atoms with Gasteiger partial charge in [0.25, 0.3) is 0 Å². The Bertz CT molecular complexity index is 772. The quantitative estimate of drug-likeness (QED) is 0.780. The fourth-order valence-electron chi connectivity index (χ4n) is 2.15. The molecule has 0 atom stereocenters. The van der Waals surface area contributed by atoms with E-state index in [1.165, 1.54) is 24.2 Å². The number of rotatable bonds is 5. The lowest BCUT2D eigenvalue weighted by molar-refractivity contribution is -0.120. The Balaban J connectivity index is 1.41. The molecule has 8 heteroatoms. The highest BCUT2D eigenvalue weighted by molar-refractivity contribution is 7.16. The van der Waals surface area contributed by atoms with Crippen molar-refractivity contribution < 1.29 is 4.79 Å². The van der Waals surface area contributed by atoms with E-state index in [0.717, 1.165) is 20.7 Å². The Kier molecular flexibility index (Phi) is 3.19. The van der Waals surface area contributed by atoms with Crippen molar-refractivity contribution in [3.8, 4) is 0 Å². The van der Waals surface area contributed by atoms with Gasteiger partial charge in [-0.15, -0.1) is 21.5 Å². The molecule has 3 heterocycles. The van der Waals surface area contributed by atoms with Crippen molar-refractivity contribution in [1.29, 1.82) is 0 Å². The van der Waals surface area contributed by atoms with Gasteiger partial charge in [0.1, 0.15) is 5.01 Å². The summed E-state index contributed by atoms with van der Waals surface area (Å²) in [6.07, 6.45) is 2.77. The van der Waals surface area contributed by atoms with Crippen LogP contribution in [0.1, 0.15) is 34.5 Å². The van der Waals surface area contributed by atoms with Crippen molar-refractivity contribution in [1.82, 2.24) is 25.1 Å². The fourth-order valence-corrected chi connectivity index (χ4v) is 3.63. The molecule has 1 fully saturated rings. The second-order valence-electron chi connectivity index (χ2n) is 5.06. The number of hydrogen-bond acceptors (Lipinski definition) is 6. The van der Waals surface area contributed by atoms with E-state index in [0.29, 0.717) is 18.9 Å². The van der Waals surface area contributed by atoms with Gasteiger partial charge in [0.15, 0.2) is 5.82 Å². The van der Waals surface area contributed by atoms with Crippen molar-refractivity contribution in [2.24, 2.45) is 0 Å². The molecular formula is C13H13N5OS2. The average Bonchev–Trinajstić information content (AvgIpc) is 2.88. The first-order chi connectivity index (χ1) is 10.3. The molecule has 108 valence electrons. The summed E-state index contributed by atoms with van der Waals surface area (Å²) in [5.74, 6) is 1.49. The van der Waals surface area contributed by atoms with E-state index < -0.39 is 0 Å². The first kappa shape index (κ1) is 12.9. The van der Waals surface area contributed by atoms with Crippen molar-refractivity contribution in [3.63, 3.8) is 0 Å². The molecule has 3 aromatic rings. The average molecular weight is 319 g/mol. The van der Waals surface area contributed by atoms with Gasteiger partial charge in [-0.05, 0) is 24.3 Å². The van der Waals surface area contributed by atoms with Gasteiger partial charge in [-0.2, -0.15) is 9.61 Å². The molecule has 4 rings (SSSR count). The number of nitrogens with zero attached hydrogens (tertiary/aromatic N) is 4. The Morgan fingerprint density at radius 1 is 1.43 bits per heavy atom. The third-order valence-electron chi connectivity index (χ3n) is 3.35. The zero-order valence-electron chi connectivity index (χ0n) is 11.2. The minimum absolute atomic E-state index is 0.0193.